The Hall–Kier alpha value is -1.29. The van der Waals surface area contributed by atoms with Crippen LogP contribution < -0.4 is 10.9 Å². The molecule has 1 fully saturated rings. The van der Waals surface area contributed by atoms with Gasteiger partial charge in [0.25, 0.3) is 5.56 Å². The monoisotopic (exact) mass is 263 g/mol. The van der Waals surface area contributed by atoms with E-state index in [1.807, 2.05) is 12.3 Å². The fourth-order valence-electron chi connectivity index (χ4n) is 2.66. The van der Waals surface area contributed by atoms with Crippen molar-refractivity contribution >= 4 is 5.69 Å². The number of pyridine rings is 1. The Labute approximate surface area is 115 Å². The van der Waals surface area contributed by atoms with E-state index in [9.17, 15) is 4.79 Å². The lowest BCUT2D eigenvalue weighted by Gasteiger charge is -2.32. The second kappa shape index (κ2) is 6.75. The Kier molecular flexibility index (Phi) is 5.02. The number of aryl methyl sites for hydroxylation is 1. The third-order valence-corrected chi connectivity index (χ3v) is 3.85. The highest BCUT2D eigenvalue weighted by Gasteiger charge is 2.17. The average molecular weight is 263 g/mol. The first-order valence-electron chi connectivity index (χ1n) is 7.42. The summed E-state index contributed by atoms with van der Waals surface area (Å²) in [4.78, 5) is 14.1. The first kappa shape index (κ1) is 14.1. The fourth-order valence-corrected chi connectivity index (χ4v) is 2.66. The molecule has 1 N–H and O–H groups in total. The van der Waals surface area contributed by atoms with Crippen molar-refractivity contribution in [1.29, 1.82) is 0 Å². The quantitative estimate of drug-likeness (QED) is 0.884. The third kappa shape index (κ3) is 3.83. The Balaban J connectivity index is 1.96. The fraction of sp³-hybridized carbons (Fsp3) is 0.667. The van der Waals surface area contributed by atoms with Crippen LogP contribution in [0, 0.1) is 0 Å². The van der Waals surface area contributed by atoms with E-state index in [-0.39, 0.29) is 5.56 Å². The summed E-state index contributed by atoms with van der Waals surface area (Å²) < 4.78 is 1.80. The van der Waals surface area contributed by atoms with E-state index in [0.29, 0.717) is 6.04 Å². The zero-order valence-electron chi connectivity index (χ0n) is 12.1. The van der Waals surface area contributed by atoms with Gasteiger partial charge in [-0.3, -0.25) is 4.79 Å². The van der Waals surface area contributed by atoms with Gasteiger partial charge < -0.3 is 14.8 Å². The van der Waals surface area contributed by atoms with Gasteiger partial charge in [0.05, 0.1) is 5.69 Å². The van der Waals surface area contributed by atoms with Crippen molar-refractivity contribution < 1.29 is 0 Å². The van der Waals surface area contributed by atoms with Crippen LogP contribution in [0.1, 0.15) is 33.1 Å². The van der Waals surface area contributed by atoms with Gasteiger partial charge in [-0.1, -0.05) is 13.8 Å². The van der Waals surface area contributed by atoms with Gasteiger partial charge in [0.1, 0.15) is 0 Å². The van der Waals surface area contributed by atoms with Crippen molar-refractivity contribution in [3.8, 4) is 0 Å². The lowest BCUT2D eigenvalue weighted by Crippen LogP contribution is -2.39. The van der Waals surface area contributed by atoms with Crippen LogP contribution in [0.3, 0.4) is 0 Å². The molecule has 2 rings (SSSR count). The molecule has 0 unspecified atom stereocenters. The van der Waals surface area contributed by atoms with Crippen LogP contribution in [0.2, 0.25) is 0 Å². The first-order valence-corrected chi connectivity index (χ1v) is 7.42. The van der Waals surface area contributed by atoms with Gasteiger partial charge in [0.2, 0.25) is 0 Å². The zero-order valence-corrected chi connectivity index (χ0v) is 12.1. The molecule has 1 aromatic heterocycles. The standard InChI is InChI=1S/C15H25N3O/c1-3-9-18-12-14(5-6-15(18)19)16-13-7-10-17(4-2)11-8-13/h5-6,12-13,16H,3-4,7-11H2,1-2H3. The van der Waals surface area contributed by atoms with E-state index < -0.39 is 0 Å². The van der Waals surface area contributed by atoms with Crippen molar-refractivity contribution in [3.05, 3.63) is 28.7 Å². The molecule has 0 amide bonds. The van der Waals surface area contributed by atoms with Crippen molar-refractivity contribution in [3.63, 3.8) is 0 Å². The van der Waals surface area contributed by atoms with Crippen LogP contribution in [-0.2, 0) is 6.54 Å². The summed E-state index contributed by atoms with van der Waals surface area (Å²) in [7, 11) is 0. The second-order valence-electron chi connectivity index (χ2n) is 5.30. The molecule has 1 aliphatic rings. The van der Waals surface area contributed by atoms with Crippen LogP contribution in [0.5, 0.6) is 0 Å². The maximum atomic E-state index is 11.7. The van der Waals surface area contributed by atoms with Gasteiger partial charge in [-0.15, -0.1) is 0 Å². The number of likely N-dealkylation sites (tertiary alicyclic amines) is 1. The van der Waals surface area contributed by atoms with E-state index >= 15 is 0 Å². The molecule has 4 heteroatoms. The van der Waals surface area contributed by atoms with Crippen molar-refractivity contribution in [1.82, 2.24) is 9.47 Å². The highest BCUT2D eigenvalue weighted by Crippen LogP contribution is 2.15. The minimum Gasteiger partial charge on any atom is -0.381 e. The summed E-state index contributed by atoms with van der Waals surface area (Å²) >= 11 is 0. The van der Waals surface area contributed by atoms with Crippen LogP contribution in [-0.4, -0.2) is 35.1 Å². The molecule has 0 saturated carbocycles. The number of anilines is 1. The summed E-state index contributed by atoms with van der Waals surface area (Å²) in [5, 5.41) is 3.57. The summed E-state index contributed by atoms with van der Waals surface area (Å²) in [6.45, 7) is 8.59. The Bertz CT molecular complexity index is 447. The second-order valence-corrected chi connectivity index (χ2v) is 5.30. The van der Waals surface area contributed by atoms with Gasteiger partial charge in [-0.05, 0) is 31.9 Å². The molecule has 0 aliphatic carbocycles. The molecule has 2 heterocycles. The van der Waals surface area contributed by atoms with Gasteiger partial charge in [0.15, 0.2) is 0 Å². The topological polar surface area (TPSA) is 37.3 Å². The molecule has 0 bridgehead atoms. The van der Waals surface area contributed by atoms with Crippen LogP contribution in [0.15, 0.2) is 23.1 Å². The maximum Gasteiger partial charge on any atom is 0.250 e. The van der Waals surface area contributed by atoms with Crippen molar-refractivity contribution in [2.24, 2.45) is 0 Å². The summed E-state index contributed by atoms with van der Waals surface area (Å²) in [6, 6.07) is 4.11. The molecule has 0 spiro atoms. The van der Waals surface area contributed by atoms with Crippen molar-refractivity contribution in [2.45, 2.75) is 45.7 Å². The van der Waals surface area contributed by atoms with Gasteiger partial charge in [-0.2, -0.15) is 0 Å². The number of hydrogen-bond donors (Lipinski definition) is 1. The Morgan fingerprint density at radius 1 is 1.26 bits per heavy atom. The molecule has 19 heavy (non-hydrogen) atoms. The van der Waals surface area contributed by atoms with E-state index in [2.05, 4.69) is 24.1 Å². The highest BCUT2D eigenvalue weighted by atomic mass is 16.1. The van der Waals surface area contributed by atoms with Crippen LogP contribution in [0.25, 0.3) is 0 Å². The lowest BCUT2D eigenvalue weighted by molar-refractivity contribution is 0.229. The molecule has 4 nitrogen and oxygen atoms in total. The van der Waals surface area contributed by atoms with E-state index in [0.717, 1.165) is 25.2 Å². The molecule has 0 atom stereocenters. The lowest BCUT2D eigenvalue weighted by atomic mass is 10.0. The molecule has 0 aromatic carbocycles. The number of piperidine rings is 1. The molecule has 1 aliphatic heterocycles. The third-order valence-electron chi connectivity index (χ3n) is 3.85. The summed E-state index contributed by atoms with van der Waals surface area (Å²) in [5.41, 5.74) is 1.16. The number of hydrogen-bond acceptors (Lipinski definition) is 3. The summed E-state index contributed by atoms with van der Waals surface area (Å²) in [6.07, 6.45) is 5.30. The molecule has 1 aromatic rings. The summed E-state index contributed by atoms with van der Waals surface area (Å²) in [5.74, 6) is 0. The minimum absolute atomic E-state index is 0.0909. The van der Waals surface area contributed by atoms with Crippen LogP contribution >= 0.6 is 0 Å². The molecule has 106 valence electrons. The highest BCUT2D eigenvalue weighted by molar-refractivity contribution is 5.41. The SMILES string of the molecule is CCCn1cc(NC2CCN(CC)CC2)ccc1=O. The molecule has 1 saturated heterocycles. The van der Waals surface area contributed by atoms with E-state index in [4.69, 9.17) is 0 Å². The zero-order chi connectivity index (χ0) is 13.7. The van der Waals surface area contributed by atoms with Crippen LogP contribution in [0.4, 0.5) is 5.69 Å². The van der Waals surface area contributed by atoms with Gasteiger partial charge in [-0.25, -0.2) is 0 Å². The van der Waals surface area contributed by atoms with Gasteiger partial charge in [0, 0.05) is 37.9 Å². The molecular weight excluding hydrogens is 238 g/mol. The van der Waals surface area contributed by atoms with E-state index in [1.54, 1.807) is 10.6 Å². The number of nitrogens with zero attached hydrogens (tertiary/aromatic N) is 2. The predicted molar refractivity (Wildman–Crippen MR) is 79.8 cm³/mol. The largest absolute Gasteiger partial charge is 0.381 e. The average Bonchev–Trinajstić information content (AvgIpc) is 2.44. The predicted octanol–water partition coefficient (Wildman–Crippen LogP) is 2.15. The minimum atomic E-state index is 0.0909. The number of nitrogens with one attached hydrogen (secondary N) is 1. The Morgan fingerprint density at radius 3 is 2.63 bits per heavy atom. The van der Waals surface area contributed by atoms with Gasteiger partial charge >= 0.3 is 0 Å². The Morgan fingerprint density at radius 2 is 2.00 bits per heavy atom. The maximum absolute atomic E-state index is 11.7. The normalized spacial score (nSPS) is 17.6. The number of aromatic nitrogens is 1. The molecular formula is C15H25N3O. The molecule has 0 radical (unpaired) electrons. The first-order chi connectivity index (χ1) is 9.22. The number of rotatable bonds is 5. The van der Waals surface area contributed by atoms with Crippen molar-refractivity contribution in [2.75, 3.05) is 25.0 Å². The smallest absolute Gasteiger partial charge is 0.250 e. The van der Waals surface area contributed by atoms with E-state index in [1.165, 1.54) is 25.9 Å².